The molecule has 0 saturated heterocycles. The Hall–Kier alpha value is -1.94. The van der Waals surface area contributed by atoms with Gasteiger partial charge in [0.05, 0.1) is 17.3 Å². The van der Waals surface area contributed by atoms with Gasteiger partial charge in [-0.2, -0.15) is 16.8 Å². The molecule has 0 amide bonds. The van der Waals surface area contributed by atoms with Crippen LogP contribution in [0.2, 0.25) is 0 Å². The first-order valence-electron chi connectivity index (χ1n) is 7.42. The molecule has 7 nitrogen and oxygen atoms in total. The van der Waals surface area contributed by atoms with Crippen LogP contribution >= 0.6 is 0 Å². The molecule has 136 valence electrons. The van der Waals surface area contributed by atoms with E-state index in [1.807, 2.05) is 30.3 Å². The highest BCUT2D eigenvalue weighted by molar-refractivity contribution is 7.86. The quantitative estimate of drug-likeness (QED) is 0.529. The normalized spacial score (nSPS) is 12.1. The van der Waals surface area contributed by atoms with Gasteiger partial charge in [0.25, 0.3) is 20.2 Å². The highest BCUT2D eigenvalue weighted by Crippen LogP contribution is 2.32. The molecule has 0 unspecified atom stereocenters. The van der Waals surface area contributed by atoms with Crippen molar-refractivity contribution in [1.29, 1.82) is 0 Å². The largest absolute Gasteiger partial charge is 0.493 e. The summed E-state index contributed by atoms with van der Waals surface area (Å²) < 4.78 is 67.5. The Morgan fingerprint density at radius 1 is 0.880 bits per heavy atom. The maximum atomic E-state index is 11.3. The lowest BCUT2D eigenvalue weighted by Crippen LogP contribution is -2.07. The lowest BCUT2D eigenvalue weighted by atomic mass is 10.0. The number of ether oxygens (including phenoxy) is 1. The maximum Gasteiger partial charge on any atom is 0.294 e. The zero-order valence-electron chi connectivity index (χ0n) is 13.2. The first-order valence-corrected chi connectivity index (χ1v) is 10.5. The van der Waals surface area contributed by atoms with Crippen LogP contribution in [0.5, 0.6) is 5.75 Å². The van der Waals surface area contributed by atoms with E-state index < -0.39 is 20.2 Å². The van der Waals surface area contributed by atoms with Crippen LogP contribution in [0.15, 0.2) is 53.4 Å². The molecule has 0 fully saturated rings. The Balaban J connectivity index is 2.20. The fraction of sp³-hybridized carbons (Fsp3) is 0.250. The minimum Gasteiger partial charge on any atom is -0.493 e. The summed E-state index contributed by atoms with van der Waals surface area (Å²) in [5.74, 6) is -0.111. The lowest BCUT2D eigenvalue weighted by molar-refractivity contribution is 0.309. The van der Waals surface area contributed by atoms with Crippen molar-refractivity contribution in [2.45, 2.75) is 17.7 Å². The van der Waals surface area contributed by atoms with Crippen LogP contribution in [0, 0.1) is 0 Å². The Labute approximate surface area is 146 Å². The van der Waals surface area contributed by atoms with Gasteiger partial charge in [0.1, 0.15) is 5.75 Å². The molecule has 2 N–H and O–H groups in total. The van der Waals surface area contributed by atoms with E-state index in [-0.39, 0.29) is 29.4 Å². The molecular weight excluding hydrogens is 368 g/mol. The van der Waals surface area contributed by atoms with Gasteiger partial charge in [-0.1, -0.05) is 30.3 Å². The molecule has 0 aromatic heterocycles. The van der Waals surface area contributed by atoms with E-state index >= 15 is 0 Å². The van der Waals surface area contributed by atoms with Gasteiger partial charge in [0, 0.05) is 11.6 Å². The van der Waals surface area contributed by atoms with Gasteiger partial charge >= 0.3 is 0 Å². The van der Waals surface area contributed by atoms with E-state index in [0.717, 1.165) is 5.56 Å². The standard InChI is InChI=1S/C16H18O7S2/c17-24(18,19)11-5-4-10-23-16-12-14(25(20,21)22)8-9-15(16)13-6-2-1-3-7-13/h1-3,6-9,12H,4-5,10-11H2,(H,17,18,19)(H,20,21,22). The number of benzene rings is 2. The van der Waals surface area contributed by atoms with Crippen LogP contribution in [0.4, 0.5) is 0 Å². The Morgan fingerprint density at radius 2 is 1.56 bits per heavy atom. The molecule has 0 bridgehead atoms. The monoisotopic (exact) mass is 386 g/mol. The smallest absolute Gasteiger partial charge is 0.294 e. The van der Waals surface area contributed by atoms with Gasteiger partial charge in [0.2, 0.25) is 0 Å². The Kier molecular flexibility index (Phi) is 6.17. The molecule has 0 spiro atoms. The van der Waals surface area contributed by atoms with Crippen LogP contribution in [-0.2, 0) is 20.2 Å². The third kappa shape index (κ3) is 6.13. The zero-order chi connectivity index (χ0) is 18.5. The molecule has 0 heterocycles. The second-order valence-electron chi connectivity index (χ2n) is 5.34. The third-order valence-electron chi connectivity index (χ3n) is 3.39. The molecule has 0 aliphatic carbocycles. The molecule has 0 aliphatic heterocycles. The topological polar surface area (TPSA) is 118 Å². The summed E-state index contributed by atoms with van der Waals surface area (Å²) >= 11 is 0. The van der Waals surface area contributed by atoms with E-state index in [4.69, 9.17) is 9.29 Å². The first kappa shape index (κ1) is 19.4. The van der Waals surface area contributed by atoms with Crippen molar-refractivity contribution in [3.63, 3.8) is 0 Å². The van der Waals surface area contributed by atoms with E-state index in [0.29, 0.717) is 12.0 Å². The molecule has 0 saturated carbocycles. The minimum atomic E-state index is -4.37. The van der Waals surface area contributed by atoms with Crippen LogP contribution in [0.1, 0.15) is 12.8 Å². The highest BCUT2D eigenvalue weighted by Gasteiger charge is 2.15. The number of hydrogen-bond donors (Lipinski definition) is 2. The summed E-state index contributed by atoms with van der Waals surface area (Å²) in [6, 6.07) is 13.2. The summed E-state index contributed by atoms with van der Waals surface area (Å²) in [4.78, 5) is -0.292. The molecule has 0 radical (unpaired) electrons. The third-order valence-corrected chi connectivity index (χ3v) is 5.04. The van der Waals surface area contributed by atoms with Gasteiger partial charge in [0.15, 0.2) is 0 Å². The van der Waals surface area contributed by atoms with Gasteiger partial charge in [-0.05, 0) is 30.5 Å². The molecule has 2 rings (SSSR count). The van der Waals surface area contributed by atoms with Crippen LogP contribution < -0.4 is 4.74 Å². The number of rotatable bonds is 8. The van der Waals surface area contributed by atoms with E-state index in [9.17, 15) is 21.4 Å². The van der Waals surface area contributed by atoms with Crippen LogP contribution in [0.3, 0.4) is 0 Å². The van der Waals surface area contributed by atoms with Crippen molar-refractivity contribution < 1.29 is 30.7 Å². The summed E-state index contributed by atoms with van der Waals surface area (Å²) in [6.45, 7) is 0.129. The summed E-state index contributed by atoms with van der Waals surface area (Å²) in [5, 5.41) is 0. The summed E-state index contributed by atoms with van der Waals surface area (Å²) in [5.41, 5.74) is 1.44. The molecular formula is C16H18O7S2. The van der Waals surface area contributed by atoms with Crippen LogP contribution in [-0.4, -0.2) is 38.3 Å². The minimum absolute atomic E-state index is 0.129. The average molecular weight is 386 g/mol. The number of unbranched alkanes of at least 4 members (excludes halogenated alkanes) is 1. The lowest BCUT2D eigenvalue weighted by Gasteiger charge is -2.13. The van der Waals surface area contributed by atoms with E-state index in [1.165, 1.54) is 18.2 Å². The maximum absolute atomic E-state index is 11.3. The van der Waals surface area contributed by atoms with E-state index in [1.54, 1.807) is 0 Å². The fourth-order valence-electron chi connectivity index (χ4n) is 2.21. The molecule has 2 aromatic rings. The molecule has 25 heavy (non-hydrogen) atoms. The van der Waals surface area contributed by atoms with Crippen molar-refractivity contribution in [3.8, 4) is 16.9 Å². The summed E-state index contributed by atoms with van der Waals surface area (Å²) in [7, 11) is -8.39. The van der Waals surface area contributed by atoms with Gasteiger partial charge < -0.3 is 4.74 Å². The zero-order valence-corrected chi connectivity index (χ0v) is 14.8. The van der Waals surface area contributed by atoms with Crippen molar-refractivity contribution in [3.05, 3.63) is 48.5 Å². The first-order chi connectivity index (χ1) is 11.7. The van der Waals surface area contributed by atoms with Crippen molar-refractivity contribution in [1.82, 2.24) is 0 Å². The average Bonchev–Trinajstić information content (AvgIpc) is 2.53. The molecule has 0 aliphatic rings. The van der Waals surface area contributed by atoms with E-state index in [2.05, 4.69) is 0 Å². The van der Waals surface area contributed by atoms with Gasteiger partial charge in [-0.25, -0.2) is 0 Å². The second kappa shape index (κ2) is 7.96. The molecule has 2 aromatic carbocycles. The predicted octanol–water partition coefficient (Wildman–Crippen LogP) is 2.65. The SMILES string of the molecule is O=S(=O)(O)CCCCOc1cc(S(=O)(=O)O)ccc1-c1ccccc1. The summed E-state index contributed by atoms with van der Waals surface area (Å²) in [6.07, 6.45) is 0.557. The Bertz CT molecular complexity index is 920. The van der Waals surface area contributed by atoms with Gasteiger partial charge in [-0.15, -0.1) is 0 Å². The Morgan fingerprint density at radius 3 is 2.16 bits per heavy atom. The highest BCUT2D eigenvalue weighted by atomic mass is 32.2. The predicted molar refractivity (Wildman–Crippen MR) is 92.8 cm³/mol. The number of hydrogen-bond acceptors (Lipinski definition) is 5. The second-order valence-corrected chi connectivity index (χ2v) is 8.33. The molecule has 0 atom stereocenters. The van der Waals surface area contributed by atoms with Crippen molar-refractivity contribution >= 4 is 20.2 Å². The fourth-order valence-corrected chi connectivity index (χ4v) is 3.27. The van der Waals surface area contributed by atoms with Crippen LogP contribution in [0.25, 0.3) is 11.1 Å². The van der Waals surface area contributed by atoms with Crippen molar-refractivity contribution in [2.24, 2.45) is 0 Å². The molecule has 9 heteroatoms. The van der Waals surface area contributed by atoms with Crippen molar-refractivity contribution in [2.75, 3.05) is 12.4 Å². The van der Waals surface area contributed by atoms with Gasteiger partial charge in [-0.3, -0.25) is 9.11 Å².